The van der Waals surface area contributed by atoms with Gasteiger partial charge < -0.3 is 9.80 Å². The van der Waals surface area contributed by atoms with E-state index < -0.39 is 11.6 Å². The number of amides is 1. The SMILES string of the molecule is CCC1CCCN(c2ncc(F)cc2F)C1.CN(C=O)C1CCCCC1. The second-order valence-electron chi connectivity index (χ2n) is 7.38. The van der Waals surface area contributed by atoms with Crippen molar-refractivity contribution < 1.29 is 13.6 Å². The highest BCUT2D eigenvalue weighted by Gasteiger charge is 2.22. The van der Waals surface area contributed by atoms with Crippen LogP contribution in [0.4, 0.5) is 14.6 Å². The standard InChI is InChI=1S/C12H16F2N2.C8H15NO/c1-2-9-4-3-5-16(8-9)12-11(14)6-10(13)7-15-12;1-9(7-10)8-5-3-2-4-6-8/h6-7,9H,2-5,8H2,1H3;7-8H,2-6H2,1H3. The number of carbonyl (C=O) groups excluding carboxylic acids is 1. The molecular formula is C20H31F2N3O. The van der Waals surface area contributed by atoms with E-state index in [9.17, 15) is 13.6 Å². The van der Waals surface area contributed by atoms with Gasteiger partial charge in [-0.2, -0.15) is 0 Å². The largest absolute Gasteiger partial charge is 0.354 e. The second-order valence-corrected chi connectivity index (χ2v) is 7.38. The number of aromatic nitrogens is 1. The fraction of sp³-hybridized carbons (Fsp3) is 0.700. The molecule has 2 heterocycles. The molecule has 1 aromatic heterocycles. The van der Waals surface area contributed by atoms with Gasteiger partial charge in [0.2, 0.25) is 6.41 Å². The lowest BCUT2D eigenvalue weighted by atomic mass is 9.95. The van der Waals surface area contributed by atoms with Gasteiger partial charge in [-0.15, -0.1) is 0 Å². The molecule has 1 saturated carbocycles. The first-order valence-corrected chi connectivity index (χ1v) is 9.78. The molecule has 1 aliphatic heterocycles. The van der Waals surface area contributed by atoms with Gasteiger partial charge in [-0.05, 0) is 31.6 Å². The summed E-state index contributed by atoms with van der Waals surface area (Å²) < 4.78 is 26.3. The Hall–Kier alpha value is -1.72. The van der Waals surface area contributed by atoms with E-state index in [2.05, 4.69) is 11.9 Å². The third-order valence-corrected chi connectivity index (χ3v) is 5.50. The van der Waals surface area contributed by atoms with Crippen molar-refractivity contribution in [3.63, 3.8) is 0 Å². The van der Waals surface area contributed by atoms with E-state index >= 15 is 0 Å². The van der Waals surface area contributed by atoms with Crippen LogP contribution in [-0.4, -0.2) is 42.5 Å². The van der Waals surface area contributed by atoms with Crippen molar-refractivity contribution in [1.29, 1.82) is 0 Å². The van der Waals surface area contributed by atoms with Crippen LogP contribution >= 0.6 is 0 Å². The number of rotatable bonds is 4. The minimum atomic E-state index is -0.620. The lowest BCUT2D eigenvalue weighted by molar-refractivity contribution is -0.119. The summed E-state index contributed by atoms with van der Waals surface area (Å²) in [5.41, 5.74) is 0. The van der Waals surface area contributed by atoms with Crippen molar-refractivity contribution >= 4 is 12.2 Å². The predicted molar refractivity (Wildman–Crippen MR) is 100 cm³/mol. The van der Waals surface area contributed by atoms with Gasteiger partial charge in [0.25, 0.3) is 0 Å². The van der Waals surface area contributed by atoms with E-state index in [-0.39, 0.29) is 0 Å². The smallest absolute Gasteiger partial charge is 0.209 e. The molecule has 1 amide bonds. The summed E-state index contributed by atoms with van der Waals surface area (Å²) in [6, 6.07) is 1.43. The van der Waals surface area contributed by atoms with Gasteiger partial charge in [0, 0.05) is 32.2 Å². The van der Waals surface area contributed by atoms with Gasteiger partial charge in [0.15, 0.2) is 11.6 Å². The minimum Gasteiger partial charge on any atom is -0.354 e. The number of anilines is 1. The van der Waals surface area contributed by atoms with Crippen LogP contribution in [0, 0.1) is 17.6 Å². The molecule has 0 N–H and O–H groups in total. The molecule has 0 spiro atoms. The zero-order chi connectivity index (χ0) is 18.9. The van der Waals surface area contributed by atoms with Gasteiger partial charge in [0.1, 0.15) is 5.82 Å². The van der Waals surface area contributed by atoms with E-state index in [1.54, 1.807) is 4.90 Å². The van der Waals surface area contributed by atoms with Gasteiger partial charge in [-0.25, -0.2) is 13.8 Å². The number of pyridine rings is 1. The molecule has 1 saturated heterocycles. The zero-order valence-electron chi connectivity index (χ0n) is 16.0. The molecule has 2 fully saturated rings. The maximum atomic E-state index is 13.5. The van der Waals surface area contributed by atoms with Crippen molar-refractivity contribution in [2.75, 3.05) is 25.0 Å². The molecule has 0 radical (unpaired) electrons. The van der Waals surface area contributed by atoms with Crippen LogP contribution < -0.4 is 4.90 Å². The predicted octanol–water partition coefficient (Wildman–Crippen LogP) is 4.39. The fourth-order valence-corrected chi connectivity index (χ4v) is 3.81. The first kappa shape index (κ1) is 20.6. The van der Waals surface area contributed by atoms with Crippen molar-refractivity contribution in [2.45, 2.75) is 64.3 Å². The van der Waals surface area contributed by atoms with E-state index in [1.165, 1.54) is 38.5 Å². The summed E-state index contributed by atoms with van der Waals surface area (Å²) in [5.74, 6) is -0.290. The van der Waals surface area contributed by atoms with E-state index in [1.807, 2.05) is 11.9 Å². The Balaban J connectivity index is 0.000000209. The van der Waals surface area contributed by atoms with Crippen molar-refractivity contribution in [3.05, 3.63) is 23.9 Å². The molecule has 4 nitrogen and oxygen atoms in total. The Morgan fingerprint density at radius 2 is 1.96 bits per heavy atom. The molecule has 26 heavy (non-hydrogen) atoms. The summed E-state index contributed by atoms with van der Waals surface area (Å²) in [6.45, 7) is 3.78. The molecule has 146 valence electrons. The van der Waals surface area contributed by atoms with Crippen LogP contribution in [0.15, 0.2) is 12.3 Å². The molecule has 1 aliphatic carbocycles. The Morgan fingerprint density at radius 3 is 2.58 bits per heavy atom. The van der Waals surface area contributed by atoms with Gasteiger partial charge in [-0.3, -0.25) is 4.79 Å². The average Bonchev–Trinajstić information content (AvgIpc) is 2.68. The van der Waals surface area contributed by atoms with E-state index in [4.69, 9.17) is 0 Å². The Bertz CT molecular complexity index is 564. The Morgan fingerprint density at radius 1 is 1.23 bits per heavy atom. The number of hydrogen-bond acceptors (Lipinski definition) is 3. The number of piperidine rings is 1. The van der Waals surface area contributed by atoms with E-state index in [0.29, 0.717) is 17.8 Å². The third kappa shape index (κ3) is 5.92. The van der Waals surface area contributed by atoms with Gasteiger partial charge >= 0.3 is 0 Å². The Kier molecular flexibility index (Phi) is 8.26. The zero-order valence-corrected chi connectivity index (χ0v) is 16.0. The summed E-state index contributed by atoms with van der Waals surface area (Å²) in [5, 5.41) is 0. The van der Waals surface area contributed by atoms with E-state index in [0.717, 1.165) is 44.6 Å². The van der Waals surface area contributed by atoms with Crippen LogP contribution in [0.3, 0.4) is 0 Å². The molecular weight excluding hydrogens is 336 g/mol. The molecule has 2 aliphatic rings. The topological polar surface area (TPSA) is 36.4 Å². The molecule has 0 aromatic carbocycles. The van der Waals surface area contributed by atoms with Crippen molar-refractivity contribution in [1.82, 2.24) is 9.88 Å². The highest BCUT2D eigenvalue weighted by atomic mass is 19.1. The van der Waals surface area contributed by atoms with Crippen LogP contribution in [0.2, 0.25) is 0 Å². The third-order valence-electron chi connectivity index (χ3n) is 5.50. The molecule has 6 heteroatoms. The maximum Gasteiger partial charge on any atom is 0.209 e. The summed E-state index contributed by atoms with van der Waals surface area (Å²) in [6.07, 6.45) is 11.7. The van der Waals surface area contributed by atoms with Crippen LogP contribution in [0.1, 0.15) is 58.3 Å². The van der Waals surface area contributed by atoms with Crippen molar-refractivity contribution in [3.8, 4) is 0 Å². The fourth-order valence-electron chi connectivity index (χ4n) is 3.81. The number of carbonyl (C=O) groups is 1. The lowest BCUT2D eigenvalue weighted by Crippen LogP contribution is -2.36. The number of hydrogen-bond donors (Lipinski definition) is 0. The first-order valence-electron chi connectivity index (χ1n) is 9.78. The second kappa shape index (κ2) is 10.4. The lowest BCUT2D eigenvalue weighted by Gasteiger charge is -2.33. The number of halogens is 2. The number of nitrogens with zero attached hydrogens (tertiary/aromatic N) is 3. The average molecular weight is 367 g/mol. The monoisotopic (exact) mass is 367 g/mol. The van der Waals surface area contributed by atoms with Crippen LogP contribution in [0.25, 0.3) is 0 Å². The first-order chi connectivity index (χ1) is 12.5. The van der Waals surface area contributed by atoms with Crippen LogP contribution in [-0.2, 0) is 4.79 Å². The van der Waals surface area contributed by atoms with Crippen LogP contribution in [0.5, 0.6) is 0 Å². The minimum absolute atomic E-state index is 0.291. The van der Waals surface area contributed by atoms with Crippen molar-refractivity contribution in [2.24, 2.45) is 5.92 Å². The quantitative estimate of drug-likeness (QED) is 0.741. The molecule has 0 bridgehead atoms. The molecule has 3 rings (SSSR count). The normalized spacial score (nSPS) is 20.9. The maximum absolute atomic E-state index is 13.5. The highest BCUT2D eigenvalue weighted by Crippen LogP contribution is 2.25. The molecule has 1 atom stereocenters. The Labute approximate surface area is 155 Å². The van der Waals surface area contributed by atoms with Gasteiger partial charge in [-0.1, -0.05) is 32.6 Å². The molecule has 1 unspecified atom stereocenters. The summed E-state index contributed by atoms with van der Waals surface area (Å²) >= 11 is 0. The van der Waals surface area contributed by atoms with Gasteiger partial charge in [0.05, 0.1) is 6.20 Å². The summed E-state index contributed by atoms with van der Waals surface area (Å²) in [4.78, 5) is 17.9. The highest BCUT2D eigenvalue weighted by molar-refractivity contribution is 5.47. The summed E-state index contributed by atoms with van der Waals surface area (Å²) in [7, 11) is 1.88. The molecule has 1 aromatic rings.